The molecule has 6 rings (SSSR count). The molecule has 0 unspecified atom stereocenters. The fraction of sp³-hybridized carbons (Fsp3) is 0.182. The van der Waals surface area contributed by atoms with Gasteiger partial charge >= 0.3 is 0 Å². The van der Waals surface area contributed by atoms with Crippen molar-refractivity contribution in [3.8, 4) is 23.0 Å². The Hall–Kier alpha value is -0.340. The van der Waals surface area contributed by atoms with Crippen molar-refractivity contribution in [3.63, 3.8) is 0 Å². The van der Waals surface area contributed by atoms with Crippen LogP contribution in [0, 0.1) is 0 Å². The first-order valence-electron chi connectivity index (χ1n) is 9.79. The van der Waals surface area contributed by atoms with Crippen LogP contribution in [0.3, 0.4) is 0 Å². The van der Waals surface area contributed by atoms with E-state index in [0.717, 1.165) is 42.6 Å². The summed E-state index contributed by atoms with van der Waals surface area (Å²) < 4.78 is 30.5. The first-order valence-corrected chi connectivity index (χ1v) is 16.3. The largest absolute Gasteiger partial charge is 0.496 e. The third kappa shape index (κ3) is 4.06. The molecule has 4 aliphatic heterocycles. The van der Waals surface area contributed by atoms with E-state index < -0.39 is 0 Å². The Bertz CT molecular complexity index is 1120. The molecule has 0 bridgehead atoms. The summed E-state index contributed by atoms with van der Waals surface area (Å²) in [6.45, 7) is 0. The Morgan fingerprint density at radius 3 is 0.765 bits per heavy atom. The number of ether oxygens (including phenoxy) is 4. The van der Waals surface area contributed by atoms with Crippen LogP contribution >= 0.6 is 94.1 Å². The maximum atomic E-state index is 5.64. The van der Waals surface area contributed by atoms with Crippen LogP contribution in [0.2, 0.25) is 0 Å². The summed E-state index contributed by atoms with van der Waals surface area (Å²) >= 11 is 14.6. The molecule has 0 N–H and O–H groups in total. The molecule has 0 amide bonds. The molecule has 176 valence electrons. The van der Waals surface area contributed by atoms with Gasteiger partial charge in [0.2, 0.25) is 0 Å². The molecule has 2 aromatic rings. The van der Waals surface area contributed by atoms with E-state index in [1.165, 1.54) is 25.4 Å². The van der Waals surface area contributed by atoms with Gasteiger partial charge in [0.1, 0.15) is 23.0 Å². The summed E-state index contributed by atoms with van der Waals surface area (Å²) in [4.78, 5) is 4.54. The van der Waals surface area contributed by atoms with E-state index in [4.69, 9.17) is 18.9 Å². The number of hydrogen-bond acceptors (Lipinski definition) is 12. The summed E-state index contributed by atoms with van der Waals surface area (Å²) in [6.07, 6.45) is 0. The minimum Gasteiger partial charge on any atom is -0.496 e. The summed E-state index contributed by atoms with van der Waals surface area (Å²) in [5, 5.41) is 0. The van der Waals surface area contributed by atoms with Gasteiger partial charge < -0.3 is 18.9 Å². The summed E-state index contributed by atoms with van der Waals surface area (Å²) in [5.41, 5.74) is 0. The van der Waals surface area contributed by atoms with Crippen molar-refractivity contribution in [2.45, 2.75) is 19.6 Å². The molecule has 0 aromatic heterocycles. The second-order valence-electron chi connectivity index (χ2n) is 6.80. The highest BCUT2D eigenvalue weighted by atomic mass is 32.3. The van der Waals surface area contributed by atoms with Crippen molar-refractivity contribution in [1.29, 1.82) is 0 Å². The maximum absolute atomic E-state index is 5.64. The molecule has 4 aliphatic rings. The zero-order chi connectivity index (χ0) is 23.4. The minimum atomic E-state index is 0.891. The lowest BCUT2D eigenvalue weighted by atomic mass is 10.3. The van der Waals surface area contributed by atoms with Gasteiger partial charge in [-0.05, 0) is 24.3 Å². The average molecular weight is 601 g/mol. The van der Waals surface area contributed by atoms with Crippen LogP contribution in [-0.2, 0) is 0 Å². The third-order valence-corrected chi connectivity index (χ3v) is 16.9. The lowest BCUT2D eigenvalue weighted by Gasteiger charge is -2.20. The molecule has 0 saturated carbocycles. The van der Waals surface area contributed by atoms with Gasteiger partial charge in [0, 0.05) is 0 Å². The van der Waals surface area contributed by atoms with E-state index in [1.807, 2.05) is 71.3 Å². The quantitative estimate of drug-likeness (QED) is 0.336. The van der Waals surface area contributed by atoms with Gasteiger partial charge in [-0.15, -0.1) is 0 Å². The number of methoxy groups -OCH3 is 4. The Morgan fingerprint density at radius 1 is 0.353 bits per heavy atom. The molecule has 4 heterocycles. The van der Waals surface area contributed by atoms with Gasteiger partial charge in [-0.1, -0.05) is 94.1 Å². The Balaban J connectivity index is 1.25. The van der Waals surface area contributed by atoms with Crippen LogP contribution in [0.4, 0.5) is 0 Å². The highest BCUT2D eigenvalue weighted by molar-refractivity contribution is 8.45. The fourth-order valence-corrected chi connectivity index (χ4v) is 15.7. The van der Waals surface area contributed by atoms with Crippen molar-refractivity contribution in [2.75, 3.05) is 28.4 Å². The van der Waals surface area contributed by atoms with Crippen LogP contribution in [0.25, 0.3) is 0 Å². The highest BCUT2D eigenvalue weighted by Gasteiger charge is 2.38. The number of hydrogen-bond donors (Lipinski definition) is 0. The van der Waals surface area contributed by atoms with Gasteiger partial charge in [0.05, 0.1) is 73.4 Å². The Morgan fingerprint density at radius 2 is 0.559 bits per heavy atom. The van der Waals surface area contributed by atoms with Gasteiger partial charge in [-0.3, -0.25) is 0 Å². The molecule has 4 nitrogen and oxygen atoms in total. The fourth-order valence-electron chi connectivity index (χ4n) is 3.42. The predicted octanol–water partition coefficient (Wildman–Crippen LogP) is 9.16. The first kappa shape index (κ1) is 24.0. The van der Waals surface area contributed by atoms with E-state index in [2.05, 4.69) is 0 Å². The van der Waals surface area contributed by atoms with E-state index in [0.29, 0.717) is 0 Å². The lowest BCUT2D eigenvalue weighted by molar-refractivity contribution is 0.384. The second kappa shape index (κ2) is 9.85. The van der Waals surface area contributed by atoms with Crippen molar-refractivity contribution < 1.29 is 18.9 Å². The maximum Gasteiger partial charge on any atom is 0.134 e. The Kier molecular flexibility index (Phi) is 6.96. The molecule has 0 atom stereocenters. The predicted molar refractivity (Wildman–Crippen MR) is 154 cm³/mol. The van der Waals surface area contributed by atoms with Crippen LogP contribution in [0.1, 0.15) is 0 Å². The average Bonchev–Trinajstić information content (AvgIpc) is 3.48. The van der Waals surface area contributed by atoms with Crippen molar-refractivity contribution in [2.24, 2.45) is 0 Å². The van der Waals surface area contributed by atoms with Crippen LogP contribution in [-0.4, -0.2) is 28.4 Å². The van der Waals surface area contributed by atoms with Gasteiger partial charge in [-0.2, -0.15) is 0 Å². The number of fused-ring (bicyclic) bond motifs is 2. The molecular formula is C22H16O4S8. The Labute approximate surface area is 231 Å². The van der Waals surface area contributed by atoms with Crippen LogP contribution in [0.15, 0.2) is 69.3 Å². The summed E-state index contributed by atoms with van der Waals surface area (Å²) in [5.74, 6) is 3.56. The van der Waals surface area contributed by atoms with Crippen molar-refractivity contribution in [1.82, 2.24) is 0 Å². The zero-order valence-corrected chi connectivity index (χ0v) is 24.7. The van der Waals surface area contributed by atoms with Gasteiger partial charge in [0.25, 0.3) is 0 Å². The third-order valence-electron chi connectivity index (χ3n) is 4.98. The topological polar surface area (TPSA) is 36.9 Å². The number of benzene rings is 2. The zero-order valence-electron chi connectivity index (χ0n) is 18.2. The van der Waals surface area contributed by atoms with Crippen molar-refractivity contribution in [3.05, 3.63) is 49.7 Å². The highest BCUT2D eigenvalue weighted by Crippen LogP contribution is 2.72. The van der Waals surface area contributed by atoms with Crippen molar-refractivity contribution >= 4 is 94.1 Å². The number of rotatable bonds is 4. The normalized spacial score (nSPS) is 18.5. The molecule has 0 spiro atoms. The van der Waals surface area contributed by atoms with E-state index in [-0.39, 0.29) is 0 Å². The molecule has 0 saturated heterocycles. The van der Waals surface area contributed by atoms with Crippen LogP contribution < -0.4 is 18.9 Å². The lowest BCUT2D eigenvalue weighted by Crippen LogP contribution is -1.95. The summed E-state index contributed by atoms with van der Waals surface area (Å²) in [6, 6.07) is 7.94. The molecular weight excluding hydrogens is 585 g/mol. The molecule has 12 heteroatoms. The SMILES string of the molecule is COc1ccc(OC)c2c1SC1=C(SC(=C3SC4=C(S3)Sc3c(OC)ccc(OC)c3S4)S1)S2. The van der Waals surface area contributed by atoms with E-state index in [9.17, 15) is 0 Å². The van der Waals surface area contributed by atoms with Crippen LogP contribution in [0.5, 0.6) is 23.0 Å². The smallest absolute Gasteiger partial charge is 0.134 e. The van der Waals surface area contributed by atoms with E-state index in [1.54, 1.807) is 75.5 Å². The summed E-state index contributed by atoms with van der Waals surface area (Å²) in [7, 11) is 6.89. The minimum absolute atomic E-state index is 0.891. The van der Waals surface area contributed by atoms with Gasteiger partial charge in [-0.25, -0.2) is 0 Å². The monoisotopic (exact) mass is 600 g/mol. The van der Waals surface area contributed by atoms with E-state index >= 15 is 0 Å². The molecule has 0 aliphatic carbocycles. The molecule has 0 fully saturated rings. The standard InChI is InChI=1S/C22H16O4S8/c1-23-9-5-6-10(24-2)14-13(9)27-17-18(28-14)32-21(31-17)22-33-19-20(34-22)30-16-12(26-4)8-7-11(25-3)15(16)29-19/h5-8H,1-4H3. The molecule has 2 aromatic carbocycles. The molecule has 34 heavy (non-hydrogen) atoms. The van der Waals surface area contributed by atoms with Gasteiger partial charge in [0.15, 0.2) is 0 Å². The first-order chi connectivity index (χ1) is 16.6. The molecule has 0 radical (unpaired) electrons. The second-order valence-corrected chi connectivity index (χ2v) is 16.5. The number of thioether (sulfide) groups is 8.